The topological polar surface area (TPSA) is 71.3 Å². The molecule has 2 aromatic heterocycles. The molecule has 8 heteroatoms. The fraction of sp³-hybridized carbons (Fsp3) is 0.235. The van der Waals surface area contributed by atoms with Gasteiger partial charge in [0.05, 0.1) is 11.4 Å². The third kappa shape index (κ3) is 4.37. The third-order valence-corrected chi connectivity index (χ3v) is 4.43. The van der Waals surface area contributed by atoms with Crippen molar-refractivity contribution in [2.24, 2.45) is 0 Å². The zero-order chi connectivity index (χ0) is 17.8. The fourth-order valence-corrected chi connectivity index (χ4v) is 3.09. The van der Waals surface area contributed by atoms with E-state index >= 15 is 0 Å². The lowest BCUT2D eigenvalue weighted by atomic mass is 10.2. The molecule has 0 spiro atoms. The van der Waals surface area contributed by atoms with Crippen molar-refractivity contribution in [3.8, 4) is 11.5 Å². The van der Waals surface area contributed by atoms with E-state index in [-0.39, 0.29) is 12.3 Å². The van der Waals surface area contributed by atoms with Gasteiger partial charge in [-0.3, -0.25) is 4.79 Å². The smallest absolute Gasteiger partial charge is 0.248 e. The number of carbonyl (C=O) groups is 1. The Morgan fingerprint density at radius 3 is 2.88 bits per heavy atom. The second-order valence-corrected chi connectivity index (χ2v) is 6.83. The molecule has 0 fully saturated rings. The van der Waals surface area contributed by atoms with Crippen LogP contribution in [0.2, 0.25) is 5.02 Å². The van der Waals surface area contributed by atoms with Crippen molar-refractivity contribution in [1.29, 1.82) is 0 Å². The maximum atomic E-state index is 12.2. The standard InChI is InChI=1S/C17H17ClN4O2S/c1-22(2)14-4-3-12(18)9-13(14)19-15(23)5-6-16-20-21-17(24-16)11-7-8-25-10-11/h3-4,7-10H,5-6H2,1-2H3,(H,19,23). The Bertz CT molecular complexity index is 861. The maximum absolute atomic E-state index is 12.2. The van der Waals surface area contributed by atoms with Gasteiger partial charge in [-0.05, 0) is 29.6 Å². The molecule has 1 amide bonds. The van der Waals surface area contributed by atoms with Crippen molar-refractivity contribution in [3.63, 3.8) is 0 Å². The summed E-state index contributed by atoms with van der Waals surface area (Å²) in [6.07, 6.45) is 0.617. The van der Waals surface area contributed by atoms with Gasteiger partial charge in [0.25, 0.3) is 0 Å². The number of benzene rings is 1. The summed E-state index contributed by atoms with van der Waals surface area (Å²) in [4.78, 5) is 14.2. The van der Waals surface area contributed by atoms with Gasteiger partial charge < -0.3 is 14.6 Å². The fourth-order valence-electron chi connectivity index (χ4n) is 2.29. The molecule has 6 nitrogen and oxygen atoms in total. The van der Waals surface area contributed by atoms with Crippen molar-refractivity contribution in [1.82, 2.24) is 10.2 Å². The molecule has 25 heavy (non-hydrogen) atoms. The summed E-state index contributed by atoms with van der Waals surface area (Å²) < 4.78 is 5.58. The van der Waals surface area contributed by atoms with Gasteiger partial charge in [-0.2, -0.15) is 11.3 Å². The predicted molar refractivity (Wildman–Crippen MR) is 100 cm³/mol. The van der Waals surface area contributed by atoms with Gasteiger partial charge in [0, 0.05) is 42.9 Å². The molecule has 130 valence electrons. The summed E-state index contributed by atoms with van der Waals surface area (Å²) >= 11 is 7.59. The van der Waals surface area contributed by atoms with Crippen LogP contribution < -0.4 is 10.2 Å². The van der Waals surface area contributed by atoms with E-state index in [1.807, 2.05) is 41.9 Å². The van der Waals surface area contributed by atoms with Crippen LogP contribution in [0, 0.1) is 0 Å². The predicted octanol–water partition coefficient (Wildman–Crippen LogP) is 4.09. The molecule has 0 saturated carbocycles. The average molecular weight is 377 g/mol. The van der Waals surface area contributed by atoms with Gasteiger partial charge in [0.1, 0.15) is 0 Å². The number of nitrogens with zero attached hydrogens (tertiary/aromatic N) is 3. The van der Waals surface area contributed by atoms with Crippen molar-refractivity contribution in [2.45, 2.75) is 12.8 Å². The van der Waals surface area contributed by atoms with Crippen LogP contribution in [-0.4, -0.2) is 30.2 Å². The van der Waals surface area contributed by atoms with Crippen molar-refractivity contribution < 1.29 is 9.21 Å². The van der Waals surface area contributed by atoms with Crippen molar-refractivity contribution in [3.05, 3.63) is 45.9 Å². The highest BCUT2D eigenvalue weighted by Crippen LogP contribution is 2.28. The highest BCUT2D eigenvalue weighted by molar-refractivity contribution is 7.08. The number of anilines is 2. The molecule has 3 rings (SSSR count). The second-order valence-electron chi connectivity index (χ2n) is 5.62. The third-order valence-electron chi connectivity index (χ3n) is 3.52. The average Bonchev–Trinajstić information content (AvgIpc) is 3.24. The lowest BCUT2D eigenvalue weighted by molar-refractivity contribution is -0.116. The van der Waals surface area contributed by atoms with Crippen LogP contribution in [0.3, 0.4) is 0 Å². The van der Waals surface area contributed by atoms with E-state index in [4.69, 9.17) is 16.0 Å². The number of aryl methyl sites for hydroxylation is 1. The first-order valence-corrected chi connectivity index (χ1v) is 8.96. The number of nitrogens with one attached hydrogen (secondary N) is 1. The molecule has 0 unspecified atom stereocenters. The van der Waals surface area contributed by atoms with E-state index in [1.54, 1.807) is 23.5 Å². The molecule has 0 bridgehead atoms. The summed E-state index contributed by atoms with van der Waals surface area (Å²) in [5, 5.41) is 15.3. The van der Waals surface area contributed by atoms with Gasteiger partial charge in [0.2, 0.25) is 17.7 Å². The largest absolute Gasteiger partial charge is 0.421 e. The lowest BCUT2D eigenvalue weighted by Crippen LogP contribution is -2.17. The molecule has 0 aliphatic heterocycles. The van der Waals surface area contributed by atoms with Gasteiger partial charge >= 0.3 is 0 Å². The molecule has 1 N–H and O–H groups in total. The number of rotatable bonds is 6. The Hall–Kier alpha value is -2.38. The zero-order valence-electron chi connectivity index (χ0n) is 13.8. The molecule has 0 aliphatic rings. The van der Waals surface area contributed by atoms with E-state index < -0.39 is 0 Å². The Labute approximate surface area is 154 Å². The lowest BCUT2D eigenvalue weighted by Gasteiger charge is -2.18. The molecule has 0 aliphatic carbocycles. The van der Waals surface area contributed by atoms with Gasteiger partial charge in [-0.25, -0.2) is 0 Å². The summed E-state index contributed by atoms with van der Waals surface area (Å²) in [7, 11) is 3.81. The molecular formula is C17H17ClN4O2S. The number of carbonyl (C=O) groups excluding carboxylic acids is 1. The molecule has 0 atom stereocenters. The normalized spacial score (nSPS) is 10.7. The second kappa shape index (κ2) is 7.67. The van der Waals surface area contributed by atoms with E-state index in [9.17, 15) is 4.79 Å². The summed E-state index contributed by atoms with van der Waals surface area (Å²) in [5.41, 5.74) is 2.45. The zero-order valence-corrected chi connectivity index (χ0v) is 15.4. The Morgan fingerprint density at radius 2 is 2.16 bits per heavy atom. The minimum Gasteiger partial charge on any atom is -0.421 e. The van der Waals surface area contributed by atoms with Gasteiger partial charge in [-0.15, -0.1) is 10.2 Å². The van der Waals surface area contributed by atoms with Gasteiger partial charge in [0.15, 0.2) is 0 Å². The van der Waals surface area contributed by atoms with Crippen LogP contribution in [0.15, 0.2) is 39.4 Å². The summed E-state index contributed by atoms with van der Waals surface area (Å²) in [5.74, 6) is 0.775. The van der Waals surface area contributed by atoms with Crippen LogP contribution >= 0.6 is 22.9 Å². The van der Waals surface area contributed by atoms with Gasteiger partial charge in [-0.1, -0.05) is 11.6 Å². The molecule has 2 heterocycles. The number of hydrogen-bond donors (Lipinski definition) is 1. The molecule has 3 aromatic rings. The first kappa shape index (κ1) is 17.4. The van der Waals surface area contributed by atoms with Crippen LogP contribution in [-0.2, 0) is 11.2 Å². The quantitative estimate of drug-likeness (QED) is 0.701. The number of halogens is 1. The van der Waals surface area contributed by atoms with Crippen LogP contribution in [0.5, 0.6) is 0 Å². The molecular weight excluding hydrogens is 360 g/mol. The van der Waals surface area contributed by atoms with Crippen molar-refractivity contribution in [2.75, 3.05) is 24.3 Å². The van der Waals surface area contributed by atoms with Crippen LogP contribution in [0.25, 0.3) is 11.5 Å². The molecule has 0 saturated heterocycles. The highest BCUT2D eigenvalue weighted by atomic mass is 35.5. The van der Waals surface area contributed by atoms with E-state index in [2.05, 4.69) is 15.5 Å². The summed E-state index contributed by atoms with van der Waals surface area (Å²) in [6.45, 7) is 0. The number of thiophene rings is 1. The molecule has 0 radical (unpaired) electrons. The van der Waals surface area contributed by atoms with Crippen molar-refractivity contribution >= 4 is 40.2 Å². The number of aromatic nitrogens is 2. The van der Waals surface area contributed by atoms with E-state index in [0.29, 0.717) is 28.9 Å². The number of hydrogen-bond acceptors (Lipinski definition) is 6. The Balaban J connectivity index is 1.61. The minimum absolute atomic E-state index is 0.138. The Morgan fingerprint density at radius 1 is 1.32 bits per heavy atom. The minimum atomic E-state index is -0.138. The maximum Gasteiger partial charge on any atom is 0.248 e. The Kier molecular flexibility index (Phi) is 5.35. The van der Waals surface area contributed by atoms with Crippen LogP contribution in [0.4, 0.5) is 11.4 Å². The van der Waals surface area contributed by atoms with E-state index in [0.717, 1.165) is 11.3 Å². The SMILES string of the molecule is CN(C)c1ccc(Cl)cc1NC(=O)CCc1nnc(-c2ccsc2)o1. The highest BCUT2D eigenvalue weighted by Gasteiger charge is 2.13. The van der Waals surface area contributed by atoms with Crippen LogP contribution in [0.1, 0.15) is 12.3 Å². The summed E-state index contributed by atoms with van der Waals surface area (Å²) in [6, 6.07) is 7.30. The number of amides is 1. The molecule has 1 aromatic carbocycles. The monoisotopic (exact) mass is 376 g/mol. The van der Waals surface area contributed by atoms with E-state index in [1.165, 1.54) is 0 Å². The first-order valence-electron chi connectivity index (χ1n) is 7.64. The first-order chi connectivity index (χ1) is 12.0.